The van der Waals surface area contributed by atoms with Crippen molar-refractivity contribution in [1.82, 2.24) is 9.80 Å². The minimum Gasteiger partial charge on any atom is -0.324 e. The van der Waals surface area contributed by atoms with Gasteiger partial charge < -0.3 is 57.2 Å². The molecule has 0 spiro atoms. The van der Waals surface area contributed by atoms with E-state index >= 15 is 0 Å². The Bertz CT molecular complexity index is 1760. The Morgan fingerprint density at radius 1 is 0.541 bits per heavy atom. The smallest absolute Gasteiger partial charge is 0.324 e. The number of hydrogen-bond donors (Lipinski definition) is 8. The van der Waals surface area contributed by atoms with Gasteiger partial charge in [-0.3, -0.25) is 37.1 Å². The lowest BCUT2D eigenvalue weighted by Crippen LogP contribution is -2.28. The van der Waals surface area contributed by atoms with Crippen molar-refractivity contribution in [3.8, 4) is 11.5 Å². The van der Waals surface area contributed by atoms with Crippen LogP contribution in [0, 0.1) is 0 Å². The largest absolute Gasteiger partial charge is 0.387 e. The van der Waals surface area contributed by atoms with Crippen LogP contribution in [0.2, 0.25) is 0 Å². The molecule has 0 saturated carbocycles. The molecule has 2 aromatic carbocycles. The van der Waals surface area contributed by atoms with E-state index in [4.69, 9.17) is 74.4 Å². The zero-order chi connectivity index (χ0) is 45.7. The molecule has 2 atom stereocenters. The van der Waals surface area contributed by atoms with Gasteiger partial charge in [0, 0.05) is 25.9 Å². The molecule has 2 unspecified atom stereocenters. The molecular weight excluding hydrogens is 1040 g/mol. The molecule has 2 aromatic rings. The number of nitrogens with zero attached hydrogens (tertiary/aromatic N) is 2. The number of benzene rings is 2. The van der Waals surface area contributed by atoms with Crippen LogP contribution in [0.5, 0.6) is 11.5 Å². The van der Waals surface area contributed by atoms with Crippen molar-refractivity contribution in [2.24, 2.45) is 0 Å². The molecular formula is C29H50N2O18P8S4+2. The summed E-state index contributed by atoms with van der Waals surface area (Å²) in [5, 5.41) is 0. The van der Waals surface area contributed by atoms with Crippen LogP contribution in [0.4, 0.5) is 0 Å². The predicted octanol–water partition coefficient (Wildman–Crippen LogP) is 5.88. The molecule has 0 aromatic heterocycles. The fourth-order valence-electron chi connectivity index (χ4n) is 4.94. The third kappa shape index (κ3) is 30.5. The summed E-state index contributed by atoms with van der Waals surface area (Å²) in [6.45, 7) is -4.83. The highest BCUT2D eigenvalue weighted by Gasteiger charge is 2.28. The van der Waals surface area contributed by atoms with E-state index in [1.165, 1.54) is 0 Å². The molecule has 20 nitrogen and oxygen atoms in total. The fraction of sp³-hybridized carbons (Fsp3) is 0.586. The Morgan fingerprint density at radius 3 is 1.18 bits per heavy atom. The standard InChI is InChI=1S/C29H48N2O18P8S4/c32-53(33,34)22-30(23-54(35,36)37)14-12-26-4-8-28(9-5-26)48-51(59)20-2-18-46-57(61,45-17-1-16-44-50-58)47-19-3-21-52(60)49-29-10-6-27(7-11-29)13-15-31(24-55(38,39)40)25-56(41,42)43/h4-11H,1-3,12-25H2,(H6-2,32,33,34,35,36,37,38,39,40,41,42,43)/p+2. The van der Waals surface area contributed by atoms with Gasteiger partial charge in [0.1, 0.15) is 32.7 Å². The maximum absolute atomic E-state index is 11.4. The average molecular weight is 1090 g/mol. The van der Waals surface area contributed by atoms with Gasteiger partial charge >= 0.3 is 50.9 Å². The Morgan fingerprint density at radius 2 is 0.869 bits per heavy atom. The quantitative estimate of drug-likeness (QED) is 0.0300. The minimum atomic E-state index is -4.53. The van der Waals surface area contributed by atoms with Gasteiger partial charge in [-0.15, -0.1) is 0 Å². The van der Waals surface area contributed by atoms with Crippen LogP contribution in [-0.4, -0.2) is 126 Å². The van der Waals surface area contributed by atoms with Crippen LogP contribution in [0.15, 0.2) is 48.5 Å². The second kappa shape index (κ2) is 28.7. The van der Waals surface area contributed by atoms with Gasteiger partial charge in [0.05, 0.1) is 26.4 Å². The lowest BCUT2D eigenvalue weighted by Gasteiger charge is -2.22. The lowest BCUT2D eigenvalue weighted by atomic mass is 10.1. The molecule has 2 rings (SSSR count). The summed E-state index contributed by atoms with van der Waals surface area (Å²) >= 11 is 21.5. The Kier molecular flexibility index (Phi) is 27.2. The first-order valence-electron chi connectivity index (χ1n) is 17.9. The second-order valence-electron chi connectivity index (χ2n) is 13.0. The van der Waals surface area contributed by atoms with Crippen molar-refractivity contribution in [1.29, 1.82) is 0 Å². The highest BCUT2D eigenvalue weighted by molar-refractivity contribution is 8.07. The Balaban J connectivity index is 1.82. The van der Waals surface area contributed by atoms with Gasteiger partial charge in [0.25, 0.3) is 0 Å². The molecule has 8 N–H and O–H groups in total. The molecule has 0 fully saturated rings. The zero-order valence-electron chi connectivity index (χ0n) is 32.4. The van der Waals surface area contributed by atoms with E-state index in [9.17, 15) is 57.4 Å². The molecule has 0 aliphatic rings. The Hall–Kier alpha value is 0.610. The summed E-state index contributed by atoms with van der Waals surface area (Å²) in [6.07, 6.45) is -0.0849. The highest BCUT2D eigenvalue weighted by atomic mass is 32.5. The fourth-order valence-corrected chi connectivity index (χ4v) is 13.6. The van der Waals surface area contributed by atoms with Crippen LogP contribution < -0.4 is 9.05 Å². The zero-order valence-corrected chi connectivity index (χ0v) is 42.8. The van der Waals surface area contributed by atoms with Crippen molar-refractivity contribution in [3.63, 3.8) is 0 Å². The molecule has 32 heteroatoms. The second-order valence-corrected chi connectivity index (χ2v) is 28.4. The van der Waals surface area contributed by atoms with Crippen LogP contribution in [0.3, 0.4) is 0 Å². The maximum atomic E-state index is 11.4. The average Bonchev–Trinajstić information content (AvgIpc) is 3.12. The lowest BCUT2D eigenvalue weighted by molar-refractivity contribution is 0.151. The van der Waals surface area contributed by atoms with Crippen molar-refractivity contribution in [2.45, 2.75) is 32.1 Å². The topological polar surface area (TPSA) is 292 Å². The van der Waals surface area contributed by atoms with E-state index in [2.05, 4.69) is 0 Å². The molecule has 0 aliphatic carbocycles. The summed E-state index contributed by atoms with van der Waals surface area (Å²) in [5.41, 5.74) is 1.51. The molecule has 0 saturated heterocycles. The summed E-state index contributed by atoms with van der Waals surface area (Å²) in [7, 11) is -17.7. The molecule has 0 amide bonds. The van der Waals surface area contributed by atoms with E-state index in [-0.39, 0.29) is 45.8 Å². The molecule has 346 valence electrons. The SMILES string of the molecule is O=P(O)(O)CN(CCc1ccc(O[P+](=S)CCCOP(=S)(OCCCOP=S)OCCC[P+](=S)Oc2ccc(CCN(CP(=O)(O)O)CP(=O)(O)O)cc2)cc1)CP(=O)(O)O. The Labute approximate surface area is 378 Å². The van der Waals surface area contributed by atoms with E-state index in [1.807, 2.05) is 0 Å². The monoisotopic (exact) mass is 1090 g/mol. The number of rotatable bonds is 34. The normalized spacial score (nSPS) is 14.3. The minimum absolute atomic E-state index is 0.0134. The summed E-state index contributed by atoms with van der Waals surface area (Å²) in [5.74, 6) is 1.02. The van der Waals surface area contributed by atoms with Crippen molar-refractivity contribution < 1.29 is 84.5 Å². The van der Waals surface area contributed by atoms with Crippen LogP contribution in [-0.2, 0) is 96.4 Å². The third-order valence-corrected chi connectivity index (χ3v) is 17.2. The molecule has 0 radical (unpaired) electrons. The van der Waals surface area contributed by atoms with Gasteiger partial charge in [-0.2, -0.15) is 0 Å². The molecule has 61 heavy (non-hydrogen) atoms. The van der Waals surface area contributed by atoms with Crippen LogP contribution in [0.25, 0.3) is 0 Å². The van der Waals surface area contributed by atoms with Crippen molar-refractivity contribution in [2.75, 3.05) is 77.0 Å². The van der Waals surface area contributed by atoms with E-state index < -0.39 is 76.1 Å². The van der Waals surface area contributed by atoms with Crippen LogP contribution in [0.1, 0.15) is 30.4 Å². The summed E-state index contributed by atoms with van der Waals surface area (Å²) in [4.78, 5) is 76.2. The van der Waals surface area contributed by atoms with Gasteiger partial charge in [-0.25, -0.2) is 0 Å². The number of hydrogen-bond acceptors (Lipinski definition) is 16. The van der Waals surface area contributed by atoms with Gasteiger partial charge in [-0.05, 0) is 78.3 Å². The van der Waals surface area contributed by atoms with Crippen LogP contribution >= 0.6 is 58.5 Å². The first-order valence-corrected chi connectivity index (χ1v) is 34.4. The van der Waals surface area contributed by atoms with Gasteiger partial charge in [0.15, 0.2) is 23.8 Å². The van der Waals surface area contributed by atoms with E-state index in [1.54, 1.807) is 48.5 Å². The molecule has 0 heterocycles. The first kappa shape index (κ1) is 57.7. The van der Waals surface area contributed by atoms with Crippen molar-refractivity contribution >= 4 is 106 Å². The summed E-state index contributed by atoms with van der Waals surface area (Å²) in [6, 6.07) is 13.7. The molecule has 0 aliphatic heterocycles. The van der Waals surface area contributed by atoms with E-state index in [0.29, 0.717) is 57.3 Å². The maximum Gasteiger partial charge on any atom is 0.387 e. The van der Waals surface area contributed by atoms with Crippen molar-refractivity contribution in [3.05, 3.63) is 59.7 Å². The predicted molar refractivity (Wildman–Crippen MR) is 247 cm³/mol. The highest BCUT2D eigenvalue weighted by Crippen LogP contribution is 2.50. The van der Waals surface area contributed by atoms with Gasteiger partial charge in [-0.1, -0.05) is 24.3 Å². The first-order chi connectivity index (χ1) is 28.3. The van der Waals surface area contributed by atoms with E-state index in [0.717, 1.165) is 20.9 Å². The molecule has 0 bridgehead atoms. The summed E-state index contributed by atoms with van der Waals surface area (Å²) < 4.78 is 80.4. The van der Waals surface area contributed by atoms with Gasteiger partial charge in [0.2, 0.25) is 23.6 Å². The third-order valence-electron chi connectivity index (χ3n) is 7.38.